The van der Waals surface area contributed by atoms with Gasteiger partial charge in [0.1, 0.15) is 17.4 Å². The molecule has 6 heteroatoms. The normalized spacial score (nSPS) is 10.5. The van der Waals surface area contributed by atoms with Crippen molar-refractivity contribution in [1.82, 2.24) is 9.97 Å². The molecule has 2 aromatic rings. The largest absolute Gasteiger partial charge is 0.493 e. The predicted molar refractivity (Wildman–Crippen MR) is 104 cm³/mol. The molecule has 2 N–H and O–H groups in total. The molecular weight excluding hydrogens is 328 g/mol. The number of carbonyl (C=O) groups excluding carboxylic acids is 1. The summed E-state index contributed by atoms with van der Waals surface area (Å²) in [6, 6.07) is 9.69. The third kappa shape index (κ3) is 6.70. The number of hydrogen-bond acceptors (Lipinski definition) is 5. The number of hydrogen-bond donors (Lipinski definition) is 1. The Bertz CT molecular complexity index is 664. The van der Waals surface area contributed by atoms with Gasteiger partial charge in [-0.25, -0.2) is 9.97 Å². The number of amides is 1. The van der Waals surface area contributed by atoms with Gasteiger partial charge in [-0.3, -0.25) is 4.79 Å². The Morgan fingerprint density at radius 1 is 1.08 bits per heavy atom. The van der Waals surface area contributed by atoms with Gasteiger partial charge in [0.15, 0.2) is 0 Å². The first-order chi connectivity index (χ1) is 12.7. The second-order valence-corrected chi connectivity index (χ2v) is 6.17. The van der Waals surface area contributed by atoms with E-state index in [1.807, 2.05) is 30.3 Å². The number of ether oxygens (including phenoxy) is 1. The molecule has 0 saturated carbocycles. The number of pyridine rings is 2. The fourth-order valence-electron chi connectivity index (χ4n) is 2.64. The highest BCUT2D eigenvalue weighted by molar-refractivity contribution is 5.73. The smallest absolute Gasteiger partial charge is 0.217 e. The van der Waals surface area contributed by atoms with Crippen LogP contribution in [0, 0.1) is 0 Å². The van der Waals surface area contributed by atoms with Crippen molar-refractivity contribution in [1.29, 1.82) is 0 Å². The van der Waals surface area contributed by atoms with Crippen molar-refractivity contribution in [3.05, 3.63) is 42.7 Å². The molecule has 0 saturated heterocycles. The minimum Gasteiger partial charge on any atom is -0.493 e. The van der Waals surface area contributed by atoms with E-state index < -0.39 is 0 Å². The molecule has 1 amide bonds. The number of nitrogens with two attached hydrogens (primary N) is 1. The Kier molecular flexibility index (Phi) is 8.39. The minimum atomic E-state index is -0.229. The third-order valence-corrected chi connectivity index (χ3v) is 3.95. The van der Waals surface area contributed by atoms with Crippen LogP contribution in [0.5, 0.6) is 5.75 Å². The van der Waals surface area contributed by atoms with Gasteiger partial charge in [0.2, 0.25) is 5.91 Å². The molecule has 2 aromatic heterocycles. The van der Waals surface area contributed by atoms with Crippen LogP contribution in [-0.4, -0.2) is 29.0 Å². The number of carbonyl (C=O) groups is 1. The molecule has 2 heterocycles. The average molecular weight is 356 g/mol. The first kappa shape index (κ1) is 19.7. The van der Waals surface area contributed by atoms with Gasteiger partial charge in [-0.1, -0.05) is 25.8 Å². The summed E-state index contributed by atoms with van der Waals surface area (Å²) >= 11 is 0. The van der Waals surface area contributed by atoms with Crippen molar-refractivity contribution in [3.8, 4) is 5.75 Å². The number of nitrogens with zero attached hydrogens (tertiary/aromatic N) is 3. The zero-order chi connectivity index (χ0) is 18.6. The third-order valence-electron chi connectivity index (χ3n) is 3.95. The zero-order valence-corrected chi connectivity index (χ0v) is 15.4. The van der Waals surface area contributed by atoms with Crippen LogP contribution in [0.3, 0.4) is 0 Å². The zero-order valence-electron chi connectivity index (χ0n) is 15.4. The quantitative estimate of drug-likeness (QED) is 0.584. The lowest BCUT2D eigenvalue weighted by Gasteiger charge is -2.23. The van der Waals surface area contributed by atoms with Gasteiger partial charge in [0, 0.05) is 31.4 Å². The lowest BCUT2D eigenvalue weighted by molar-refractivity contribution is -0.118. The molecule has 6 nitrogen and oxygen atoms in total. The number of primary amides is 1. The minimum absolute atomic E-state index is 0.229. The molecule has 0 spiro atoms. The summed E-state index contributed by atoms with van der Waals surface area (Å²) in [7, 11) is 0. The summed E-state index contributed by atoms with van der Waals surface area (Å²) in [5.41, 5.74) is 5.18. The van der Waals surface area contributed by atoms with E-state index in [0.717, 1.165) is 56.0 Å². The van der Waals surface area contributed by atoms with Gasteiger partial charge in [-0.05, 0) is 37.5 Å². The van der Waals surface area contributed by atoms with Gasteiger partial charge in [0.05, 0.1) is 6.61 Å². The highest BCUT2D eigenvalue weighted by Crippen LogP contribution is 2.25. The van der Waals surface area contributed by atoms with Crippen LogP contribution >= 0.6 is 0 Å². The van der Waals surface area contributed by atoms with E-state index in [2.05, 4.69) is 21.8 Å². The summed E-state index contributed by atoms with van der Waals surface area (Å²) in [6.07, 6.45) is 8.83. The predicted octanol–water partition coefficient (Wildman–Crippen LogP) is 3.84. The van der Waals surface area contributed by atoms with E-state index in [1.165, 1.54) is 0 Å². The lowest BCUT2D eigenvalue weighted by Crippen LogP contribution is -2.20. The van der Waals surface area contributed by atoms with Gasteiger partial charge in [0.25, 0.3) is 0 Å². The Labute approximate surface area is 155 Å². The second-order valence-electron chi connectivity index (χ2n) is 6.17. The van der Waals surface area contributed by atoms with E-state index in [0.29, 0.717) is 13.0 Å². The second kappa shape index (κ2) is 11.1. The van der Waals surface area contributed by atoms with Crippen LogP contribution in [0.15, 0.2) is 42.7 Å². The van der Waals surface area contributed by atoms with Gasteiger partial charge < -0.3 is 15.4 Å². The number of anilines is 2. The maximum absolute atomic E-state index is 10.8. The van der Waals surface area contributed by atoms with Crippen LogP contribution in [0.2, 0.25) is 0 Å². The Hall–Kier alpha value is -2.63. The number of rotatable bonds is 12. The fraction of sp³-hybridized carbons (Fsp3) is 0.450. The van der Waals surface area contributed by atoms with Crippen LogP contribution in [0.4, 0.5) is 11.6 Å². The van der Waals surface area contributed by atoms with Gasteiger partial charge in [-0.15, -0.1) is 0 Å². The molecule has 0 bridgehead atoms. The Balaban J connectivity index is 2.01. The lowest BCUT2D eigenvalue weighted by atomic mass is 10.1. The van der Waals surface area contributed by atoms with Gasteiger partial charge >= 0.3 is 0 Å². The fourth-order valence-corrected chi connectivity index (χ4v) is 2.64. The maximum Gasteiger partial charge on any atom is 0.217 e. The maximum atomic E-state index is 10.8. The van der Waals surface area contributed by atoms with E-state index >= 15 is 0 Å². The summed E-state index contributed by atoms with van der Waals surface area (Å²) < 4.78 is 5.73. The number of unbranched alkanes of at least 4 members (excludes halogenated alkanes) is 3. The molecule has 0 fully saturated rings. The van der Waals surface area contributed by atoms with E-state index in [9.17, 15) is 4.79 Å². The first-order valence-corrected chi connectivity index (χ1v) is 9.26. The van der Waals surface area contributed by atoms with E-state index in [4.69, 9.17) is 10.5 Å². The van der Waals surface area contributed by atoms with Crippen LogP contribution in [-0.2, 0) is 4.79 Å². The number of aromatic nitrogens is 2. The molecular formula is C20H28N4O2. The molecule has 0 aliphatic rings. The van der Waals surface area contributed by atoms with Crippen molar-refractivity contribution in [2.75, 3.05) is 18.1 Å². The van der Waals surface area contributed by atoms with Crippen LogP contribution in [0.1, 0.15) is 45.4 Å². The van der Waals surface area contributed by atoms with E-state index in [1.54, 1.807) is 12.4 Å². The van der Waals surface area contributed by atoms with Crippen LogP contribution < -0.4 is 15.4 Å². The standard InChI is InChI=1S/C20H28N4O2/c1-2-15-26-17-11-13-23-20(16-17)24(19-10-6-7-12-22-19)14-8-4-3-5-9-18(21)25/h6-7,10-13,16H,2-5,8-9,14-15H2,1H3,(H2,21,25). The van der Waals surface area contributed by atoms with Gasteiger partial charge in [-0.2, -0.15) is 0 Å². The summed E-state index contributed by atoms with van der Waals surface area (Å²) in [5.74, 6) is 2.28. The summed E-state index contributed by atoms with van der Waals surface area (Å²) in [6.45, 7) is 3.57. The van der Waals surface area contributed by atoms with Crippen molar-refractivity contribution in [3.63, 3.8) is 0 Å². The molecule has 0 unspecified atom stereocenters. The average Bonchev–Trinajstić information content (AvgIpc) is 2.66. The highest BCUT2D eigenvalue weighted by atomic mass is 16.5. The molecule has 26 heavy (non-hydrogen) atoms. The molecule has 140 valence electrons. The molecule has 0 radical (unpaired) electrons. The molecule has 0 aliphatic carbocycles. The summed E-state index contributed by atoms with van der Waals surface area (Å²) in [4.78, 5) is 21.9. The van der Waals surface area contributed by atoms with Crippen LogP contribution in [0.25, 0.3) is 0 Å². The van der Waals surface area contributed by atoms with Crippen molar-refractivity contribution in [2.45, 2.75) is 45.4 Å². The van der Waals surface area contributed by atoms with Crippen molar-refractivity contribution in [2.24, 2.45) is 5.73 Å². The molecule has 2 rings (SSSR count). The first-order valence-electron chi connectivity index (χ1n) is 9.26. The molecule has 0 aromatic carbocycles. The summed E-state index contributed by atoms with van der Waals surface area (Å²) in [5, 5.41) is 0. The van der Waals surface area contributed by atoms with E-state index in [-0.39, 0.29) is 5.91 Å². The van der Waals surface area contributed by atoms with Crippen molar-refractivity contribution >= 4 is 17.5 Å². The van der Waals surface area contributed by atoms with Crippen molar-refractivity contribution < 1.29 is 9.53 Å². The molecule has 0 atom stereocenters. The Morgan fingerprint density at radius 2 is 1.88 bits per heavy atom. The topological polar surface area (TPSA) is 81.3 Å². The highest BCUT2D eigenvalue weighted by Gasteiger charge is 2.12. The SMILES string of the molecule is CCCOc1ccnc(N(CCCCCCC(N)=O)c2ccccn2)c1. The Morgan fingerprint density at radius 3 is 2.62 bits per heavy atom. The monoisotopic (exact) mass is 356 g/mol. The molecule has 0 aliphatic heterocycles.